The highest BCUT2D eigenvalue weighted by Crippen LogP contribution is 2.23. The van der Waals surface area contributed by atoms with Crippen LogP contribution in [0, 0.1) is 5.82 Å². The van der Waals surface area contributed by atoms with Gasteiger partial charge in [0.1, 0.15) is 11.6 Å². The van der Waals surface area contributed by atoms with Crippen molar-refractivity contribution >= 4 is 5.91 Å². The van der Waals surface area contributed by atoms with Gasteiger partial charge in [-0.2, -0.15) is 0 Å². The van der Waals surface area contributed by atoms with E-state index in [1.54, 1.807) is 29.2 Å². The lowest BCUT2D eigenvalue weighted by Gasteiger charge is -2.31. The third-order valence-corrected chi connectivity index (χ3v) is 3.58. The predicted molar refractivity (Wildman–Crippen MR) is 77.5 cm³/mol. The van der Waals surface area contributed by atoms with Crippen molar-refractivity contribution in [2.75, 3.05) is 19.6 Å². The fraction of sp³-hybridized carbons (Fsp3) is 0.312. The number of carbonyl (C=O) groups is 1. The number of amides is 1. The quantitative estimate of drug-likeness (QED) is 0.923. The maximum atomic E-state index is 13.2. The first-order valence-corrected chi connectivity index (χ1v) is 7.02. The highest BCUT2D eigenvalue weighted by Gasteiger charge is 2.24. The van der Waals surface area contributed by atoms with Crippen molar-refractivity contribution in [2.24, 2.45) is 0 Å². The number of rotatable bonds is 2. The number of benzene rings is 1. The van der Waals surface area contributed by atoms with Crippen LogP contribution in [-0.2, 0) is 0 Å². The Hall–Kier alpha value is -2.14. The number of nitrogens with zero attached hydrogens (tertiary/aromatic N) is 1. The summed E-state index contributed by atoms with van der Waals surface area (Å²) < 4.78 is 18.8. The Labute approximate surface area is 122 Å². The number of nitrogens with one attached hydrogen (secondary N) is 1. The van der Waals surface area contributed by atoms with Crippen molar-refractivity contribution in [1.82, 2.24) is 10.2 Å². The summed E-state index contributed by atoms with van der Waals surface area (Å²) in [5.74, 6) is 0.350. The monoisotopic (exact) mass is 288 g/mol. The lowest BCUT2D eigenvalue weighted by atomic mass is 10.2. The van der Waals surface area contributed by atoms with Gasteiger partial charge in [-0.1, -0.05) is 12.1 Å². The van der Waals surface area contributed by atoms with Crippen molar-refractivity contribution in [3.63, 3.8) is 0 Å². The Balaban J connectivity index is 1.80. The van der Waals surface area contributed by atoms with E-state index >= 15 is 0 Å². The van der Waals surface area contributed by atoms with Gasteiger partial charge in [-0.15, -0.1) is 0 Å². The van der Waals surface area contributed by atoms with E-state index in [4.69, 9.17) is 4.42 Å². The fourth-order valence-electron chi connectivity index (χ4n) is 2.52. The summed E-state index contributed by atoms with van der Waals surface area (Å²) in [6.07, 6.45) is 0. The van der Waals surface area contributed by atoms with E-state index in [1.807, 2.05) is 6.92 Å². The van der Waals surface area contributed by atoms with E-state index in [2.05, 4.69) is 5.32 Å². The second-order valence-electron chi connectivity index (χ2n) is 5.28. The molecule has 1 aliphatic heterocycles. The highest BCUT2D eigenvalue weighted by molar-refractivity contribution is 5.92. The zero-order valence-corrected chi connectivity index (χ0v) is 11.8. The first kappa shape index (κ1) is 13.8. The van der Waals surface area contributed by atoms with Crippen LogP contribution in [0.5, 0.6) is 0 Å². The van der Waals surface area contributed by atoms with Gasteiger partial charge in [0, 0.05) is 31.2 Å². The molecule has 1 aliphatic rings. The summed E-state index contributed by atoms with van der Waals surface area (Å²) in [5.41, 5.74) is 0.628. The molecule has 1 fully saturated rings. The standard InChI is InChI=1S/C16H17FN2O2/c1-11-10-19(8-7-18-11)16(20)15-6-5-14(21-15)12-3-2-4-13(17)9-12/h2-6,9,11,18H,7-8,10H2,1H3/t11-/m0/s1. The second-order valence-corrected chi connectivity index (χ2v) is 5.28. The molecule has 2 aromatic rings. The molecule has 110 valence electrons. The molecule has 0 bridgehead atoms. The number of piperazine rings is 1. The molecule has 3 rings (SSSR count). The summed E-state index contributed by atoms with van der Waals surface area (Å²) in [5, 5.41) is 3.29. The van der Waals surface area contributed by atoms with Gasteiger partial charge in [0.15, 0.2) is 5.76 Å². The van der Waals surface area contributed by atoms with Gasteiger partial charge in [-0.3, -0.25) is 4.79 Å². The van der Waals surface area contributed by atoms with Crippen LogP contribution in [0.1, 0.15) is 17.5 Å². The van der Waals surface area contributed by atoms with Gasteiger partial charge in [-0.25, -0.2) is 4.39 Å². The van der Waals surface area contributed by atoms with Crippen molar-refractivity contribution in [3.8, 4) is 11.3 Å². The van der Waals surface area contributed by atoms with Gasteiger partial charge in [0.2, 0.25) is 0 Å². The van der Waals surface area contributed by atoms with Crippen LogP contribution in [0.15, 0.2) is 40.8 Å². The van der Waals surface area contributed by atoms with Crippen LogP contribution in [0.25, 0.3) is 11.3 Å². The number of hydrogen-bond acceptors (Lipinski definition) is 3. The molecule has 0 saturated carbocycles. The van der Waals surface area contributed by atoms with Crippen molar-refractivity contribution < 1.29 is 13.6 Å². The number of halogens is 1. The van der Waals surface area contributed by atoms with Gasteiger partial charge in [0.05, 0.1) is 0 Å². The van der Waals surface area contributed by atoms with Crippen LogP contribution in [0.4, 0.5) is 4.39 Å². The van der Waals surface area contributed by atoms with Crippen LogP contribution >= 0.6 is 0 Å². The molecule has 0 radical (unpaired) electrons. The molecule has 1 N–H and O–H groups in total. The molecule has 0 aliphatic carbocycles. The SMILES string of the molecule is C[C@H]1CN(C(=O)c2ccc(-c3cccc(F)c3)o2)CCN1. The molecular formula is C16H17FN2O2. The molecule has 2 heterocycles. The summed E-state index contributed by atoms with van der Waals surface area (Å²) in [6.45, 7) is 4.15. The minimum Gasteiger partial charge on any atom is -0.451 e. The topological polar surface area (TPSA) is 45.5 Å². The first-order valence-electron chi connectivity index (χ1n) is 7.02. The number of furan rings is 1. The summed E-state index contributed by atoms with van der Waals surface area (Å²) in [7, 11) is 0. The second kappa shape index (κ2) is 5.69. The van der Waals surface area contributed by atoms with E-state index in [-0.39, 0.29) is 17.8 Å². The molecule has 1 aromatic carbocycles. The minimum absolute atomic E-state index is 0.119. The average Bonchev–Trinajstić information content (AvgIpc) is 2.96. The summed E-state index contributed by atoms with van der Waals surface area (Å²) in [6, 6.07) is 9.76. The zero-order chi connectivity index (χ0) is 14.8. The predicted octanol–water partition coefficient (Wildman–Crippen LogP) is 2.52. The maximum Gasteiger partial charge on any atom is 0.289 e. The van der Waals surface area contributed by atoms with E-state index in [0.29, 0.717) is 30.2 Å². The maximum absolute atomic E-state index is 13.2. The largest absolute Gasteiger partial charge is 0.451 e. The normalized spacial score (nSPS) is 18.8. The Morgan fingerprint density at radius 3 is 3.00 bits per heavy atom. The van der Waals surface area contributed by atoms with Gasteiger partial charge >= 0.3 is 0 Å². The molecule has 0 unspecified atom stereocenters. The summed E-state index contributed by atoms with van der Waals surface area (Å²) >= 11 is 0. The molecule has 1 aromatic heterocycles. The van der Waals surface area contributed by atoms with Crippen LogP contribution in [0.3, 0.4) is 0 Å². The molecule has 5 heteroatoms. The molecule has 21 heavy (non-hydrogen) atoms. The van der Waals surface area contributed by atoms with Gasteiger partial charge < -0.3 is 14.6 Å². The van der Waals surface area contributed by atoms with Crippen molar-refractivity contribution in [1.29, 1.82) is 0 Å². The Bertz CT molecular complexity index is 653. The van der Waals surface area contributed by atoms with Gasteiger partial charge in [0.25, 0.3) is 5.91 Å². The Morgan fingerprint density at radius 2 is 2.24 bits per heavy atom. The smallest absolute Gasteiger partial charge is 0.289 e. The lowest BCUT2D eigenvalue weighted by Crippen LogP contribution is -2.51. The molecule has 0 spiro atoms. The van der Waals surface area contributed by atoms with Crippen LogP contribution in [0.2, 0.25) is 0 Å². The molecule has 1 saturated heterocycles. The molecular weight excluding hydrogens is 271 g/mol. The third kappa shape index (κ3) is 2.97. The van der Waals surface area contributed by atoms with E-state index in [0.717, 1.165) is 6.54 Å². The average molecular weight is 288 g/mol. The highest BCUT2D eigenvalue weighted by atomic mass is 19.1. The van der Waals surface area contributed by atoms with E-state index in [9.17, 15) is 9.18 Å². The van der Waals surface area contributed by atoms with Crippen LogP contribution < -0.4 is 5.32 Å². The minimum atomic E-state index is -0.326. The molecule has 4 nitrogen and oxygen atoms in total. The number of carbonyl (C=O) groups excluding carboxylic acids is 1. The van der Waals surface area contributed by atoms with Gasteiger partial charge in [-0.05, 0) is 31.2 Å². The fourth-order valence-corrected chi connectivity index (χ4v) is 2.52. The van der Waals surface area contributed by atoms with E-state index < -0.39 is 0 Å². The first-order chi connectivity index (χ1) is 10.1. The van der Waals surface area contributed by atoms with Crippen molar-refractivity contribution in [3.05, 3.63) is 48.0 Å². The Kier molecular flexibility index (Phi) is 3.75. The van der Waals surface area contributed by atoms with Crippen LogP contribution in [-0.4, -0.2) is 36.5 Å². The lowest BCUT2D eigenvalue weighted by molar-refractivity contribution is 0.0678. The summed E-state index contributed by atoms with van der Waals surface area (Å²) in [4.78, 5) is 14.2. The molecule has 1 amide bonds. The molecule has 1 atom stereocenters. The Morgan fingerprint density at radius 1 is 1.38 bits per heavy atom. The zero-order valence-electron chi connectivity index (χ0n) is 11.8. The third-order valence-electron chi connectivity index (χ3n) is 3.58. The number of hydrogen-bond donors (Lipinski definition) is 1. The van der Waals surface area contributed by atoms with Crippen molar-refractivity contribution in [2.45, 2.75) is 13.0 Å². The van der Waals surface area contributed by atoms with E-state index in [1.165, 1.54) is 12.1 Å².